The highest BCUT2D eigenvalue weighted by atomic mass is 35.5. The molecule has 0 N–H and O–H groups in total. The summed E-state index contributed by atoms with van der Waals surface area (Å²) in [6, 6.07) is 8.23. The van der Waals surface area contributed by atoms with Crippen LogP contribution in [0.5, 0.6) is 0 Å². The Balaban J connectivity index is 2.25. The SMILES string of the molecule is CC(=O)N(C1CC1)[C@H](C)c1ccccc1Cl. The van der Waals surface area contributed by atoms with Crippen LogP contribution in [0.4, 0.5) is 0 Å². The van der Waals surface area contributed by atoms with E-state index in [0.29, 0.717) is 6.04 Å². The van der Waals surface area contributed by atoms with Crippen LogP contribution in [0.3, 0.4) is 0 Å². The maximum atomic E-state index is 11.6. The lowest BCUT2D eigenvalue weighted by Gasteiger charge is -2.29. The Kier molecular flexibility index (Phi) is 3.20. The van der Waals surface area contributed by atoms with E-state index in [4.69, 9.17) is 11.6 Å². The van der Waals surface area contributed by atoms with Gasteiger partial charge in [-0.1, -0.05) is 29.8 Å². The largest absolute Gasteiger partial charge is 0.333 e. The van der Waals surface area contributed by atoms with E-state index >= 15 is 0 Å². The van der Waals surface area contributed by atoms with Crippen LogP contribution >= 0.6 is 11.6 Å². The Labute approximate surface area is 101 Å². The van der Waals surface area contributed by atoms with Gasteiger partial charge in [0.15, 0.2) is 0 Å². The zero-order valence-corrected chi connectivity index (χ0v) is 10.4. The molecule has 1 aliphatic rings. The minimum absolute atomic E-state index is 0.0682. The smallest absolute Gasteiger partial charge is 0.220 e. The van der Waals surface area contributed by atoms with Crippen LogP contribution in [0, 0.1) is 0 Å². The van der Waals surface area contributed by atoms with Gasteiger partial charge in [0.05, 0.1) is 6.04 Å². The maximum Gasteiger partial charge on any atom is 0.220 e. The molecule has 0 spiro atoms. The molecule has 0 saturated heterocycles. The summed E-state index contributed by atoms with van der Waals surface area (Å²) in [6.07, 6.45) is 2.24. The van der Waals surface area contributed by atoms with Gasteiger partial charge in [0.2, 0.25) is 5.91 Å². The fourth-order valence-corrected chi connectivity index (χ4v) is 2.46. The number of carbonyl (C=O) groups excluding carboxylic acids is 1. The molecule has 1 aromatic rings. The Hall–Kier alpha value is -1.02. The number of benzene rings is 1. The van der Waals surface area contributed by atoms with E-state index in [1.165, 1.54) is 0 Å². The second-order valence-corrected chi connectivity index (χ2v) is 4.76. The molecule has 1 atom stereocenters. The molecular formula is C13H16ClNO. The lowest BCUT2D eigenvalue weighted by atomic mass is 10.1. The quantitative estimate of drug-likeness (QED) is 0.789. The van der Waals surface area contributed by atoms with E-state index < -0.39 is 0 Å². The Morgan fingerprint density at radius 1 is 1.44 bits per heavy atom. The summed E-state index contributed by atoms with van der Waals surface area (Å²) in [5.41, 5.74) is 1.03. The molecule has 0 unspecified atom stereocenters. The average Bonchev–Trinajstić information content (AvgIpc) is 3.02. The number of halogens is 1. The van der Waals surface area contributed by atoms with Crippen LogP contribution in [0.1, 0.15) is 38.3 Å². The van der Waals surface area contributed by atoms with Gasteiger partial charge in [0, 0.05) is 18.0 Å². The second kappa shape index (κ2) is 4.46. The molecule has 0 aliphatic heterocycles. The molecule has 2 nitrogen and oxygen atoms in total. The zero-order valence-electron chi connectivity index (χ0n) is 9.61. The van der Waals surface area contributed by atoms with E-state index in [0.717, 1.165) is 23.4 Å². The topological polar surface area (TPSA) is 20.3 Å². The number of carbonyl (C=O) groups is 1. The third-order valence-electron chi connectivity index (χ3n) is 3.08. The van der Waals surface area contributed by atoms with Crippen molar-refractivity contribution in [2.45, 2.75) is 38.8 Å². The van der Waals surface area contributed by atoms with Gasteiger partial charge >= 0.3 is 0 Å². The third kappa shape index (κ3) is 2.22. The highest BCUT2D eigenvalue weighted by Crippen LogP contribution is 2.36. The first-order valence-electron chi connectivity index (χ1n) is 5.64. The number of hydrogen-bond acceptors (Lipinski definition) is 1. The number of rotatable bonds is 3. The minimum Gasteiger partial charge on any atom is -0.333 e. The Morgan fingerprint density at radius 3 is 2.56 bits per heavy atom. The molecule has 2 rings (SSSR count). The van der Waals surface area contributed by atoms with Crippen molar-refractivity contribution >= 4 is 17.5 Å². The molecule has 0 heterocycles. The molecule has 0 aromatic heterocycles. The van der Waals surface area contributed by atoms with Crippen LogP contribution in [-0.2, 0) is 4.79 Å². The summed E-state index contributed by atoms with van der Waals surface area (Å²) >= 11 is 6.15. The van der Waals surface area contributed by atoms with Gasteiger partial charge in [-0.3, -0.25) is 4.79 Å². The molecule has 86 valence electrons. The molecule has 1 saturated carbocycles. The van der Waals surface area contributed by atoms with Crippen molar-refractivity contribution in [1.29, 1.82) is 0 Å². The highest BCUT2D eigenvalue weighted by Gasteiger charge is 2.34. The fraction of sp³-hybridized carbons (Fsp3) is 0.462. The third-order valence-corrected chi connectivity index (χ3v) is 3.42. The first-order chi connectivity index (χ1) is 7.61. The lowest BCUT2D eigenvalue weighted by Crippen LogP contribution is -2.33. The van der Waals surface area contributed by atoms with Crippen molar-refractivity contribution in [3.05, 3.63) is 34.9 Å². The van der Waals surface area contributed by atoms with Crippen molar-refractivity contribution in [3.8, 4) is 0 Å². The monoisotopic (exact) mass is 237 g/mol. The van der Waals surface area contributed by atoms with Crippen molar-refractivity contribution in [2.75, 3.05) is 0 Å². The van der Waals surface area contributed by atoms with Crippen molar-refractivity contribution in [3.63, 3.8) is 0 Å². The second-order valence-electron chi connectivity index (χ2n) is 4.35. The molecule has 1 aromatic carbocycles. The first kappa shape index (κ1) is 11.5. The van der Waals surface area contributed by atoms with Crippen molar-refractivity contribution in [2.24, 2.45) is 0 Å². The summed E-state index contributed by atoms with van der Waals surface area (Å²) in [6.45, 7) is 3.67. The van der Waals surface area contributed by atoms with Crippen LogP contribution in [0.25, 0.3) is 0 Å². The normalized spacial score (nSPS) is 16.9. The van der Waals surface area contributed by atoms with Crippen molar-refractivity contribution < 1.29 is 4.79 Å². The predicted molar refractivity (Wildman–Crippen MR) is 65.4 cm³/mol. The molecule has 1 fully saturated rings. The standard InChI is InChI=1S/C13H16ClNO/c1-9(12-5-3-4-6-13(12)14)15(10(2)16)11-7-8-11/h3-6,9,11H,7-8H2,1-2H3/t9-/m1/s1. The van der Waals surface area contributed by atoms with E-state index in [-0.39, 0.29) is 11.9 Å². The number of nitrogens with zero attached hydrogens (tertiary/aromatic N) is 1. The van der Waals surface area contributed by atoms with Crippen LogP contribution in [0.2, 0.25) is 5.02 Å². The van der Waals surface area contributed by atoms with E-state index in [1.807, 2.05) is 36.1 Å². The van der Waals surface area contributed by atoms with Crippen molar-refractivity contribution in [1.82, 2.24) is 4.90 Å². The lowest BCUT2D eigenvalue weighted by molar-refractivity contribution is -0.131. The Morgan fingerprint density at radius 2 is 2.06 bits per heavy atom. The minimum atomic E-state index is 0.0682. The summed E-state index contributed by atoms with van der Waals surface area (Å²) in [4.78, 5) is 13.6. The van der Waals surface area contributed by atoms with Gasteiger partial charge in [-0.25, -0.2) is 0 Å². The van der Waals surface area contributed by atoms with E-state index in [9.17, 15) is 4.79 Å². The van der Waals surface area contributed by atoms with E-state index in [1.54, 1.807) is 6.92 Å². The van der Waals surface area contributed by atoms with Gasteiger partial charge in [0.1, 0.15) is 0 Å². The average molecular weight is 238 g/mol. The molecular weight excluding hydrogens is 222 g/mol. The zero-order chi connectivity index (χ0) is 11.7. The Bertz CT molecular complexity index is 401. The van der Waals surface area contributed by atoms with Crippen LogP contribution in [0.15, 0.2) is 24.3 Å². The molecule has 3 heteroatoms. The fourth-order valence-electron chi connectivity index (χ4n) is 2.16. The molecule has 1 amide bonds. The van der Waals surface area contributed by atoms with Crippen LogP contribution in [-0.4, -0.2) is 16.8 Å². The van der Waals surface area contributed by atoms with Gasteiger partial charge in [0.25, 0.3) is 0 Å². The summed E-state index contributed by atoms with van der Waals surface area (Å²) in [7, 11) is 0. The molecule has 1 aliphatic carbocycles. The maximum absolute atomic E-state index is 11.6. The molecule has 0 bridgehead atoms. The highest BCUT2D eigenvalue weighted by molar-refractivity contribution is 6.31. The molecule has 16 heavy (non-hydrogen) atoms. The van der Waals surface area contributed by atoms with Crippen LogP contribution < -0.4 is 0 Å². The summed E-state index contributed by atoms with van der Waals surface area (Å²) in [5.74, 6) is 0.134. The van der Waals surface area contributed by atoms with Gasteiger partial charge in [-0.15, -0.1) is 0 Å². The summed E-state index contributed by atoms with van der Waals surface area (Å²) < 4.78 is 0. The van der Waals surface area contributed by atoms with Gasteiger partial charge in [-0.2, -0.15) is 0 Å². The van der Waals surface area contributed by atoms with Gasteiger partial charge < -0.3 is 4.90 Å². The molecule has 0 radical (unpaired) electrons. The van der Waals surface area contributed by atoms with E-state index in [2.05, 4.69) is 0 Å². The number of amides is 1. The van der Waals surface area contributed by atoms with Gasteiger partial charge in [-0.05, 0) is 31.4 Å². The first-order valence-corrected chi connectivity index (χ1v) is 6.02. The predicted octanol–water partition coefficient (Wildman–Crippen LogP) is 3.41. The number of hydrogen-bond donors (Lipinski definition) is 0. The summed E-state index contributed by atoms with van der Waals surface area (Å²) in [5, 5.41) is 0.738.